The molecule has 1 aliphatic rings. The van der Waals surface area contributed by atoms with Gasteiger partial charge in [-0.15, -0.1) is 0 Å². The molecule has 0 radical (unpaired) electrons. The van der Waals surface area contributed by atoms with Gasteiger partial charge in [-0.3, -0.25) is 0 Å². The molecule has 0 atom stereocenters. The van der Waals surface area contributed by atoms with Gasteiger partial charge < -0.3 is 9.80 Å². The maximum Gasteiger partial charge on any atom is 0.175 e. The van der Waals surface area contributed by atoms with Crippen LogP contribution in [0.4, 0.5) is 5.69 Å². The number of hydrogen-bond donors (Lipinski definition) is 0. The SMILES string of the molecule is Cc1ccc(S(C)(=O)=O)cc1C(=S)N1CCN(c2ccc(C#N)cc2)CC1. The number of piperazine rings is 1. The molecule has 3 rings (SSSR count). The van der Waals surface area contributed by atoms with Gasteiger partial charge in [0, 0.05) is 43.7 Å². The molecule has 5 nitrogen and oxygen atoms in total. The molecule has 1 saturated heterocycles. The van der Waals surface area contributed by atoms with Gasteiger partial charge in [0.05, 0.1) is 16.5 Å². The zero-order valence-corrected chi connectivity index (χ0v) is 17.0. The van der Waals surface area contributed by atoms with Crippen LogP contribution in [-0.4, -0.2) is 50.7 Å². The standard InChI is InChI=1S/C20H21N3O2S2/c1-15-3-8-18(27(2,24)25)13-19(15)20(26)23-11-9-22(10-12-23)17-6-4-16(14-21)5-7-17/h3-8,13H,9-12H2,1-2H3. The first-order valence-corrected chi connectivity index (χ1v) is 10.9. The van der Waals surface area contributed by atoms with E-state index in [9.17, 15) is 8.42 Å². The summed E-state index contributed by atoms with van der Waals surface area (Å²) in [4.78, 5) is 5.38. The highest BCUT2D eigenvalue weighted by atomic mass is 32.2. The molecule has 1 fully saturated rings. The molecule has 1 aliphatic heterocycles. The van der Waals surface area contributed by atoms with Crippen molar-refractivity contribution in [1.29, 1.82) is 5.26 Å². The first-order chi connectivity index (χ1) is 12.8. The molecule has 1 heterocycles. The number of aryl methyl sites for hydroxylation is 1. The Morgan fingerprint density at radius 1 is 1.07 bits per heavy atom. The Balaban J connectivity index is 1.72. The number of hydrogen-bond acceptors (Lipinski definition) is 5. The number of benzene rings is 2. The lowest BCUT2D eigenvalue weighted by Gasteiger charge is -2.37. The van der Waals surface area contributed by atoms with Crippen LogP contribution in [0.25, 0.3) is 0 Å². The Kier molecular flexibility index (Phi) is 5.49. The van der Waals surface area contributed by atoms with Crippen LogP contribution in [0.5, 0.6) is 0 Å². The van der Waals surface area contributed by atoms with Gasteiger partial charge in [-0.25, -0.2) is 8.42 Å². The highest BCUT2D eigenvalue weighted by Crippen LogP contribution is 2.21. The molecule has 0 N–H and O–H groups in total. The Labute approximate surface area is 165 Å². The zero-order chi connectivity index (χ0) is 19.6. The van der Waals surface area contributed by atoms with Gasteiger partial charge in [-0.2, -0.15) is 5.26 Å². The summed E-state index contributed by atoms with van der Waals surface area (Å²) < 4.78 is 23.7. The minimum atomic E-state index is -3.27. The van der Waals surface area contributed by atoms with E-state index in [1.54, 1.807) is 12.1 Å². The third-order valence-corrected chi connectivity index (χ3v) is 6.38. The summed E-state index contributed by atoms with van der Waals surface area (Å²) >= 11 is 5.68. The molecule has 0 aromatic heterocycles. The first-order valence-electron chi connectivity index (χ1n) is 8.64. The van der Waals surface area contributed by atoms with Crippen LogP contribution >= 0.6 is 12.2 Å². The van der Waals surface area contributed by atoms with Gasteiger partial charge in [0.2, 0.25) is 0 Å². The van der Waals surface area contributed by atoms with Crippen LogP contribution in [0.3, 0.4) is 0 Å². The van der Waals surface area contributed by atoms with Crippen molar-refractivity contribution in [2.45, 2.75) is 11.8 Å². The summed E-state index contributed by atoms with van der Waals surface area (Å²) in [5.74, 6) is 0. The third-order valence-electron chi connectivity index (χ3n) is 4.80. The van der Waals surface area contributed by atoms with Gasteiger partial charge >= 0.3 is 0 Å². The predicted molar refractivity (Wildman–Crippen MR) is 111 cm³/mol. The molecule has 2 aromatic carbocycles. The smallest absolute Gasteiger partial charge is 0.175 e. The molecular formula is C20H21N3O2S2. The summed E-state index contributed by atoms with van der Waals surface area (Å²) in [7, 11) is -3.27. The number of thiocarbonyl (C=S) groups is 1. The maximum absolute atomic E-state index is 11.9. The van der Waals surface area contributed by atoms with Crippen molar-refractivity contribution in [3.8, 4) is 6.07 Å². The highest BCUT2D eigenvalue weighted by Gasteiger charge is 2.22. The van der Waals surface area contributed by atoms with Crippen molar-refractivity contribution in [1.82, 2.24) is 4.90 Å². The van der Waals surface area contributed by atoms with Crippen LogP contribution in [0.15, 0.2) is 47.4 Å². The molecular weight excluding hydrogens is 378 g/mol. The van der Waals surface area contributed by atoms with Crippen molar-refractivity contribution in [2.24, 2.45) is 0 Å². The molecule has 7 heteroatoms. The summed E-state index contributed by atoms with van der Waals surface area (Å²) in [5, 5.41) is 8.91. The Bertz CT molecular complexity index is 1000. The second-order valence-corrected chi connectivity index (χ2v) is 9.09. The monoisotopic (exact) mass is 399 g/mol. The fraction of sp³-hybridized carbons (Fsp3) is 0.300. The zero-order valence-electron chi connectivity index (χ0n) is 15.3. The summed E-state index contributed by atoms with van der Waals surface area (Å²) in [6, 6.07) is 14.8. The summed E-state index contributed by atoms with van der Waals surface area (Å²) in [6.45, 7) is 5.11. The van der Waals surface area contributed by atoms with Crippen LogP contribution in [0, 0.1) is 18.3 Å². The van der Waals surface area contributed by atoms with Crippen LogP contribution in [-0.2, 0) is 9.84 Å². The van der Waals surface area contributed by atoms with Crippen LogP contribution in [0.1, 0.15) is 16.7 Å². The average Bonchev–Trinajstić information content (AvgIpc) is 2.67. The highest BCUT2D eigenvalue weighted by molar-refractivity contribution is 7.90. The molecule has 0 amide bonds. The second kappa shape index (κ2) is 7.67. The van der Waals surface area contributed by atoms with E-state index in [-0.39, 0.29) is 0 Å². The molecule has 27 heavy (non-hydrogen) atoms. The van der Waals surface area contributed by atoms with Crippen molar-refractivity contribution in [3.63, 3.8) is 0 Å². The largest absolute Gasteiger partial charge is 0.368 e. The Hall–Kier alpha value is -2.43. The van der Waals surface area contributed by atoms with E-state index in [0.29, 0.717) is 15.4 Å². The number of anilines is 1. The normalized spacial score (nSPS) is 14.7. The van der Waals surface area contributed by atoms with E-state index < -0.39 is 9.84 Å². The minimum absolute atomic E-state index is 0.293. The predicted octanol–water partition coefficient (Wildman–Crippen LogP) is 2.77. The number of nitrogens with zero attached hydrogens (tertiary/aromatic N) is 3. The van der Waals surface area contributed by atoms with Gasteiger partial charge in [0.1, 0.15) is 4.99 Å². The van der Waals surface area contributed by atoms with Gasteiger partial charge in [-0.05, 0) is 48.9 Å². The van der Waals surface area contributed by atoms with E-state index in [0.717, 1.165) is 43.0 Å². The lowest BCUT2D eigenvalue weighted by molar-refractivity contribution is 0.392. The topological polar surface area (TPSA) is 64.4 Å². The molecule has 0 spiro atoms. The fourth-order valence-electron chi connectivity index (χ4n) is 3.15. The van der Waals surface area contributed by atoms with Crippen molar-refractivity contribution in [2.75, 3.05) is 37.3 Å². The Morgan fingerprint density at radius 2 is 1.70 bits per heavy atom. The lowest BCUT2D eigenvalue weighted by Crippen LogP contribution is -2.48. The lowest BCUT2D eigenvalue weighted by atomic mass is 10.1. The van der Waals surface area contributed by atoms with Crippen LogP contribution < -0.4 is 4.90 Å². The average molecular weight is 400 g/mol. The van der Waals surface area contributed by atoms with Crippen molar-refractivity contribution < 1.29 is 8.42 Å². The van der Waals surface area contributed by atoms with Crippen LogP contribution in [0.2, 0.25) is 0 Å². The second-order valence-electron chi connectivity index (χ2n) is 6.69. The van der Waals surface area contributed by atoms with Crippen molar-refractivity contribution >= 4 is 32.7 Å². The third kappa shape index (κ3) is 4.29. The first kappa shape index (κ1) is 19.3. The summed E-state index contributed by atoms with van der Waals surface area (Å²) in [5.41, 5.74) is 3.52. The number of rotatable bonds is 3. The molecule has 0 unspecified atom stereocenters. The molecule has 0 bridgehead atoms. The number of sulfone groups is 1. The van der Waals surface area contributed by atoms with E-state index in [4.69, 9.17) is 17.5 Å². The maximum atomic E-state index is 11.9. The molecule has 2 aromatic rings. The Morgan fingerprint density at radius 3 is 2.26 bits per heavy atom. The van der Waals surface area contributed by atoms with E-state index >= 15 is 0 Å². The molecule has 0 aliphatic carbocycles. The van der Waals surface area contributed by atoms with Gasteiger partial charge in [-0.1, -0.05) is 18.3 Å². The van der Waals surface area contributed by atoms with E-state index in [2.05, 4.69) is 15.9 Å². The fourth-order valence-corrected chi connectivity index (χ4v) is 4.20. The molecule has 140 valence electrons. The van der Waals surface area contributed by atoms with E-state index in [1.807, 2.05) is 37.3 Å². The van der Waals surface area contributed by atoms with Gasteiger partial charge in [0.15, 0.2) is 9.84 Å². The van der Waals surface area contributed by atoms with Crippen molar-refractivity contribution in [3.05, 3.63) is 59.2 Å². The quantitative estimate of drug-likeness (QED) is 0.740. The number of nitriles is 1. The van der Waals surface area contributed by atoms with E-state index in [1.165, 1.54) is 6.26 Å². The van der Waals surface area contributed by atoms with Gasteiger partial charge in [0.25, 0.3) is 0 Å². The minimum Gasteiger partial charge on any atom is -0.368 e. The summed E-state index contributed by atoms with van der Waals surface area (Å²) in [6.07, 6.45) is 1.21. The molecule has 0 saturated carbocycles.